The van der Waals surface area contributed by atoms with Gasteiger partial charge in [0.15, 0.2) is 0 Å². The molecule has 0 fully saturated rings. The van der Waals surface area contributed by atoms with Crippen molar-refractivity contribution in [3.63, 3.8) is 0 Å². The number of nitrogens with two attached hydrogens (primary N) is 3. The van der Waals surface area contributed by atoms with Gasteiger partial charge in [-0.1, -0.05) is 19.6 Å². The van der Waals surface area contributed by atoms with Gasteiger partial charge in [0.2, 0.25) is 0 Å². The van der Waals surface area contributed by atoms with Crippen molar-refractivity contribution in [2.45, 2.75) is 25.7 Å². The normalized spacial score (nSPS) is 9.00. The second-order valence-electron chi connectivity index (χ2n) is 3.59. The largest absolute Gasteiger partial charge is 0.449 e. The van der Waals surface area contributed by atoms with E-state index in [1.54, 1.807) is 0 Å². The quantitative estimate of drug-likeness (QED) is 0.209. The number of nitrogens with one attached hydrogen (secondary N) is 1. The first-order valence-electron chi connectivity index (χ1n) is 3.92. The SMILES string of the molecule is C[Si](C)(C)CCOC(=O)NN.NN.O. The van der Waals surface area contributed by atoms with E-state index < -0.39 is 14.2 Å². The van der Waals surface area contributed by atoms with Crippen LogP contribution in [0.1, 0.15) is 0 Å². The Morgan fingerprint density at radius 1 is 1.36 bits per heavy atom. The molecule has 14 heavy (non-hydrogen) atoms. The fourth-order valence-corrected chi connectivity index (χ4v) is 1.21. The van der Waals surface area contributed by atoms with Crippen LogP contribution in [0.15, 0.2) is 0 Å². The summed E-state index contributed by atoms with van der Waals surface area (Å²) in [7, 11) is -1.08. The number of amides is 1. The van der Waals surface area contributed by atoms with Gasteiger partial charge in [0.1, 0.15) is 0 Å². The van der Waals surface area contributed by atoms with Gasteiger partial charge in [-0.2, -0.15) is 0 Å². The van der Waals surface area contributed by atoms with Crippen LogP contribution in [0.25, 0.3) is 0 Å². The van der Waals surface area contributed by atoms with E-state index in [2.05, 4.69) is 31.3 Å². The Balaban J connectivity index is -0.000000376. The minimum Gasteiger partial charge on any atom is -0.449 e. The third-order valence-electron chi connectivity index (χ3n) is 1.20. The summed E-state index contributed by atoms with van der Waals surface area (Å²) < 4.78 is 4.73. The molecule has 0 aromatic rings. The Morgan fingerprint density at radius 2 is 1.79 bits per heavy atom. The summed E-state index contributed by atoms with van der Waals surface area (Å²) in [6, 6.07) is 0.973. The van der Waals surface area contributed by atoms with Crippen molar-refractivity contribution < 1.29 is 15.0 Å². The first kappa shape index (κ1) is 19.0. The van der Waals surface area contributed by atoms with E-state index in [1.807, 2.05) is 5.43 Å². The number of ether oxygens (including phenoxy) is 1. The van der Waals surface area contributed by atoms with E-state index in [0.29, 0.717) is 6.61 Å². The summed E-state index contributed by atoms with van der Waals surface area (Å²) in [6.45, 7) is 7.13. The highest BCUT2D eigenvalue weighted by atomic mass is 28.3. The molecule has 0 spiro atoms. The zero-order valence-corrected chi connectivity index (χ0v) is 9.96. The molecule has 0 aromatic heterocycles. The zero-order chi connectivity index (χ0) is 10.9. The molecule has 0 aliphatic carbocycles. The van der Waals surface area contributed by atoms with E-state index in [0.717, 1.165) is 6.04 Å². The van der Waals surface area contributed by atoms with Crippen molar-refractivity contribution in [1.29, 1.82) is 0 Å². The predicted molar refractivity (Wildman–Crippen MR) is 58.8 cm³/mol. The molecular formula is C6H22N4O3Si. The van der Waals surface area contributed by atoms with Gasteiger partial charge in [0.25, 0.3) is 0 Å². The monoisotopic (exact) mass is 226 g/mol. The molecule has 0 aliphatic rings. The van der Waals surface area contributed by atoms with Gasteiger partial charge < -0.3 is 10.2 Å². The van der Waals surface area contributed by atoms with Crippen LogP contribution in [0.4, 0.5) is 4.79 Å². The molecule has 9 N–H and O–H groups in total. The third-order valence-corrected chi connectivity index (χ3v) is 2.91. The molecular weight excluding hydrogens is 204 g/mol. The number of carbonyl (C=O) groups excluding carboxylic acids is 1. The summed E-state index contributed by atoms with van der Waals surface area (Å²) in [5, 5.41) is 0. The lowest BCUT2D eigenvalue weighted by Crippen LogP contribution is -2.32. The predicted octanol–water partition coefficient (Wildman–Crippen LogP) is -1.08. The van der Waals surface area contributed by atoms with Crippen LogP contribution in [0.3, 0.4) is 0 Å². The number of hydrogen-bond acceptors (Lipinski definition) is 5. The maximum atomic E-state index is 10.5. The Bertz CT molecular complexity index is 140. The Hall–Kier alpha value is -0.673. The van der Waals surface area contributed by atoms with E-state index >= 15 is 0 Å². The van der Waals surface area contributed by atoms with Crippen LogP contribution in [0.2, 0.25) is 25.7 Å². The molecule has 1 amide bonds. The summed E-state index contributed by atoms with van der Waals surface area (Å²) in [5.41, 5.74) is 1.91. The van der Waals surface area contributed by atoms with Crippen molar-refractivity contribution >= 4 is 14.2 Å². The molecule has 8 heteroatoms. The van der Waals surface area contributed by atoms with Gasteiger partial charge in [0, 0.05) is 8.07 Å². The second kappa shape index (κ2) is 10.4. The van der Waals surface area contributed by atoms with Crippen molar-refractivity contribution in [2.75, 3.05) is 6.61 Å². The van der Waals surface area contributed by atoms with E-state index in [9.17, 15) is 4.79 Å². The lowest BCUT2D eigenvalue weighted by atomic mass is 10.8. The lowest BCUT2D eigenvalue weighted by Gasteiger charge is -2.14. The first-order valence-corrected chi connectivity index (χ1v) is 7.63. The minimum atomic E-state index is -1.08. The van der Waals surface area contributed by atoms with E-state index in [-0.39, 0.29) is 5.48 Å². The van der Waals surface area contributed by atoms with Gasteiger partial charge in [-0.15, -0.1) is 0 Å². The fourth-order valence-electron chi connectivity index (χ4n) is 0.492. The number of rotatable bonds is 3. The third kappa shape index (κ3) is 17.4. The second-order valence-corrected chi connectivity index (χ2v) is 9.21. The highest BCUT2D eigenvalue weighted by Gasteiger charge is 2.13. The van der Waals surface area contributed by atoms with Crippen molar-refractivity contribution in [2.24, 2.45) is 17.5 Å². The molecule has 0 heterocycles. The van der Waals surface area contributed by atoms with Gasteiger partial charge in [-0.05, 0) is 6.04 Å². The smallest absolute Gasteiger partial charge is 0.421 e. The number of hydrazine groups is 2. The Kier molecular flexibility index (Phi) is 14.1. The maximum Gasteiger partial charge on any atom is 0.421 e. The molecule has 88 valence electrons. The standard InChI is InChI=1S/C6H16N2O2Si.H4N2.H2O/c1-11(2,3)5-4-10-6(9)8-7;1-2;/h4-5,7H2,1-3H3,(H,8,9);1-2H2;1H2. The van der Waals surface area contributed by atoms with E-state index in [4.69, 9.17) is 10.6 Å². The van der Waals surface area contributed by atoms with Crippen LogP contribution >= 0.6 is 0 Å². The average molecular weight is 226 g/mol. The van der Waals surface area contributed by atoms with Gasteiger partial charge in [-0.25, -0.2) is 10.6 Å². The van der Waals surface area contributed by atoms with Crippen molar-refractivity contribution in [1.82, 2.24) is 5.43 Å². The minimum absolute atomic E-state index is 0. The summed E-state index contributed by atoms with van der Waals surface area (Å²) >= 11 is 0. The number of carbonyl (C=O) groups is 1. The van der Waals surface area contributed by atoms with Gasteiger partial charge >= 0.3 is 6.09 Å². The molecule has 0 radical (unpaired) electrons. The summed E-state index contributed by atoms with van der Waals surface area (Å²) in [5.74, 6) is 12.8. The van der Waals surface area contributed by atoms with Crippen molar-refractivity contribution in [3.05, 3.63) is 0 Å². The maximum absolute atomic E-state index is 10.5. The molecule has 0 saturated carbocycles. The molecule has 0 bridgehead atoms. The molecule has 0 atom stereocenters. The van der Waals surface area contributed by atoms with Crippen molar-refractivity contribution in [3.8, 4) is 0 Å². The molecule has 0 unspecified atom stereocenters. The fraction of sp³-hybridized carbons (Fsp3) is 0.833. The first-order chi connectivity index (χ1) is 5.95. The summed E-state index contributed by atoms with van der Waals surface area (Å²) in [4.78, 5) is 10.5. The number of hydrogen-bond donors (Lipinski definition) is 4. The van der Waals surface area contributed by atoms with Crippen LogP contribution in [-0.4, -0.2) is 26.3 Å². The van der Waals surface area contributed by atoms with Crippen LogP contribution < -0.4 is 23.0 Å². The zero-order valence-electron chi connectivity index (χ0n) is 8.96. The highest BCUT2D eigenvalue weighted by molar-refractivity contribution is 6.76. The Labute approximate surface area is 85.2 Å². The Morgan fingerprint density at radius 3 is 2.07 bits per heavy atom. The van der Waals surface area contributed by atoms with Gasteiger partial charge in [-0.3, -0.25) is 17.1 Å². The molecule has 7 nitrogen and oxygen atoms in total. The highest BCUT2D eigenvalue weighted by Crippen LogP contribution is 2.07. The molecule has 0 aromatic carbocycles. The molecule has 0 rings (SSSR count). The van der Waals surface area contributed by atoms with Crippen LogP contribution in [-0.2, 0) is 4.74 Å². The molecule has 0 aliphatic heterocycles. The lowest BCUT2D eigenvalue weighted by molar-refractivity contribution is 0.152. The topological polar surface area (TPSA) is 148 Å². The van der Waals surface area contributed by atoms with Gasteiger partial charge in [0.05, 0.1) is 6.61 Å². The summed E-state index contributed by atoms with van der Waals surface area (Å²) in [6.07, 6.45) is -0.553. The average Bonchev–Trinajstić information content (AvgIpc) is 2.05. The van der Waals surface area contributed by atoms with Crippen LogP contribution in [0, 0.1) is 0 Å². The van der Waals surface area contributed by atoms with Crippen LogP contribution in [0.5, 0.6) is 0 Å². The molecule has 0 saturated heterocycles. The van der Waals surface area contributed by atoms with E-state index in [1.165, 1.54) is 0 Å².